The van der Waals surface area contributed by atoms with E-state index >= 15 is 0 Å². The van der Waals surface area contributed by atoms with Gasteiger partial charge in [0, 0.05) is 6.04 Å². The summed E-state index contributed by atoms with van der Waals surface area (Å²) in [5, 5.41) is 3.93. The molecule has 1 aliphatic carbocycles. The molecule has 1 N–H and O–H groups in total. The predicted molar refractivity (Wildman–Crippen MR) is 88.4 cm³/mol. The normalized spacial score (nSPS) is 17.9. The van der Waals surface area contributed by atoms with Crippen molar-refractivity contribution >= 4 is 11.6 Å². The van der Waals surface area contributed by atoms with Crippen LogP contribution >= 0.6 is 11.6 Å². The van der Waals surface area contributed by atoms with Crippen molar-refractivity contribution in [2.45, 2.75) is 64.3 Å². The highest BCUT2D eigenvalue weighted by molar-refractivity contribution is 6.31. The van der Waals surface area contributed by atoms with E-state index in [9.17, 15) is 4.39 Å². The van der Waals surface area contributed by atoms with Crippen LogP contribution < -0.4 is 5.32 Å². The lowest BCUT2D eigenvalue weighted by molar-refractivity contribution is 0.296. The highest BCUT2D eigenvalue weighted by Crippen LogP contribution is 2.29. The summed E-state index contributed by atoms with van der Waals surface area (Å²) in [4.78, 5) is 0. The van der Waals surface area contributed by atoms with Gasteiger partial charge in [0.2, 0.25) is 0 Å². The zero-order chi connectivity index (χ0) is 15.1. The summed E-state index contributed by atoms with van der Waals surface area (Å²) in [5.74, 6) is 0.515. The van der Waals surface area contributed by atoms with Gasteiger partial charge in [-0.1, -0.05) is 62.8 Å². The smallest absolute Gasteiger partial charge is 0.142 e. The minimum absolute atomic E-state index is 0.296. The summed E-state index contributed by atoms with van der Waals surface area (Å²) in [6.07, 6.45) is 9.96. The van der Waals surface area contributed by atoms with Crippen molar-refractivity contribution in [3.63, 3.8) is 0 Å². The molecule has 1 aliphatic rings. The summed E-state index contributed by atoms with van der Waals surface area (Å²) in [5.41, 5.74) is 0.932. The van der Waals surface area contributed by atoms with Gasteiger partial charge in [-0.2, -0.15) is 0 Å². The molecule has 1 nitrogen and oxygen atoms in total. The first-order valence-corrected chi connectivity index (χ1v) is 8.74. The molecular weight excluding hydrogens is 285 g/mol. The Balaban J connectivity index is 1.99. The Kier molecular flexibility index (Phi) is 6.98. The van der Waals surface area contributed by atoms with Crippen molar-refractivity contribution < 1.29 is 4.39 Å². The molecule has 0 spiro atoms. The number of nitrogens with one attached hydrogen (secondary N) is 1. The Bertz CT molecular complexity index is 429. The van der Waals surface area contributed by atoms with Gasteiger partial charge in [-0.25, -0.2) is 4.39 Å². The van der Waals surface area contributed by atoms with Gasteiger partial charge in [-0.15, -0.1) is 0 Å². The van der Waals surface area contributed by atoms with Crippen molar-refractivity contribution in [1.82, 2.24) is 5.32 Å². The Morgan fingerprint density at radius 3 is 2.76 bits per heavy atom. The molecule has 1 saturated carbocycles. The number of benzene rings is 1. The zero-order valence-electron chi connectivity index (χ0n) is 13.0. The van der Waals surface area contributed by atoms with Gasteiger partial charge in [0.05, 0.1) is 5.02 Å². The number of halogens is 2. The fourth-order valence-corrected chi connectivity index (χ4v) is 3.59. The van der Waals surface area contributed by atoms with E-state index < -0.39 is 0 Å². The van der Waals surface area contributed by atoms with Crippen LogP contribution in [-0.2, 0) is 6.42 Å². The number of hydrogen-bond acceptors (Lipinski definition) is 1. The van der Waals surface area contributed by atoms with E-state index in [1.165, 1.54) is 44.6 Å². The molecule has 0 bridgehead atoms. The van der Waals surface area contributed by atoms with Crippen LogP contribution in [0, 0.1) is 11.7 Å². The second-order valence-electron chi connectivity index (χ2n) is 6.31. The van der Waals surface area contributed by atoms with Crippen LogP contribution in [0.15, 0.2) is 18.2 Å². The van der Waals surface area contributed by atoms with Gasteiger partial charge in [0.25, 0.3) is 0 Å². The highest BCUT2D eigenvalue weighted by atomic mass is 35.5. The second kappa shape index (κ2) is 8.75. The first-order valence-electron chi connectivity index (χ1n) is 8.37. The molecule has 1 unspecified atom stereocenters. The molecule has 0 aliphatic heterocycles. The van der Waals surface area contributed by atoms with Crippen LogP contribution in [0.2, 0.25) is 5.02 Å². The molecule has 21 heavy (non-hydrogen) atoms. The number of rotatable bonds is 7. The molecule has 0 aromatic heterocycles. The van der Waals surface area contributed by atoms with Crippen LogP contribution in [0.4, 0.5) is 4.39 Å². The van der Waals surface area contributed by atoms with E-state index in [-0.39, 0.29) is 5.82 Å². The molecule has 0 amide bonds. The van der Waals surface area contributed by atoms with Crippen molar-refractivity contribution in [2.75, 3.05) is 6.54 Å². The third-order valence-electron chi connectivity index (χ3n) is 4.52. The lowest BCUT2D eigenvalue weighted by Gasteiger charge is -2.27. The van der Waals surface area contributed by atoms with Crippen molar-refractivity contribution in [3.05, 3.63) is 34.6 Å². The lowest BCUT2D eigenvalue weighted by atomic mass is 9.83. The Labute approximate surface area is 133 Å². The van der Waals surface area contributed by atoms with E-state index in [4.69, 9.17) is 11.6 Å². The summed E-state index contributed by atoms with van der Waals surface area (Å²) in [7, 11) is 0. The van der Waals surface area contributed by atoms with Gasteiger partial charge in [-0.3, -0.25) is 0 Å². The quantitative estimate of drug-likeness (QED) is 0.714. The average Bonchev–Trinajstić information content (AvgIpc) is 2.50. The van der Waals surface area contributed by atoms with Gasteiger partial charge in [-0.05, 0) is 43.4 Å². The topological polar surface area (TPSA) is 12.0 Å². The first kappa shape index (κ1) is 16.8. The van der Waals surface area contributed by atoms with Crippen molar-refractivity contribution in [1.29, 1.82) is 0 Å². The monoisotopic (exact) mass is 311 g/mol. The molecule has 0 saturated heterocycles. The third-order valence-corrected chi connectivity index (χ3v) is 4.95. The van der Waals surface area contributed by atoms with E-state index in [0.717, 1.165) is 30.9 Å². The van der Waals surface area contributed by atoms with Crippen LogP contribution in [0.5, 0.6) is 0 Å². The lowest BCUT2D eigenvalue weighted by Crippen LogP contribution is -2.34. The van der Waals surface area contributed by atoms with Crippen molar-refractivity contribution in [3.8, 4) is 0 Å². The molecule has 1 aromatic rings. The fraction of sp³-hybridized carbons (Fsp3) is 0.667. The first-order chi connectivity index (χ1) is 10.2. The summed E-state index contributed by atoms with van der Waals surface area (Å²) >= 11 is 6.11. The molecular formula is C18H27ClFN. The van der Waals surface area contributed by atoms with E-state index in [1.54, 1.807) is 6.07 Å². The Morgan fingerprint density at radius 1 is 1.29 bits per heavy atom. The highest BCUT2D eigenvalue weighted by Gasteiger charge is 2.20. The van der Waals surface area contributed by atoms with Crippen molar-refractivity contribution in [2.24, 2.45) is 5.92 Å². The molecule has 3 heteroatoms. The molecule has 1 fully saturated rings. The maximum Gasteiger partial charge on any atom is 0.142 e. The zero-order valence-corrected chi connectivity index (χ0v) is 13.8. The minimum atomic E-state index is -0.305. The molecule has 1 aromatic carbocycles. The second-order valence-corrected chi connectivity index (χ2v) is 6.69. The Morgan fingerprint density at radius 2 is 2.05 bits per heavy atom. The maximum atomic E-state index is 13.6. The fourth-order valence-electron chi connectivity index (χ4n) is 3.38. The predicted octanol–water partition coefficient (Wildman–Crippen LogP) is 5.36. The van der Waals surface area contributed by atoms with Crippen LogP contribution in [0.3, 0.4) is 0 Å². The van der Waals surface area contributed by atoms with Gasteiger partial charge in [0.15, 0.2) is 0 Å². The summed E-state index contributed by atoms with van der Waals surface area (Å²) < 4.78 is 13.6. The van der Waals surface area contributed by atoms with E-state index in [2.05, 4.69) is 12.2 Å². The van der Waals surface area contributed by atoms with Crippen LogP contribution in [0.1, 0.15) is 57.4 Å². The Hall–Kier alpha value is -0.600. The van der Waals surface area contributed by atoms with E-state index in [0.29, 0.717) is 11.1 Å². The molecule has 0 radical (unpaired) electrons. The largest absolute Gasteiger partial charge is 0.314 e. The number of hydrogen-bond donors (Lipinski definition) is 1. The molecule has 2 rings (SSSR count). The minimum Gasteiger partial charge on any atom is -0.314 e. The average molecular weight is 312 g/mol. The summed E-state index contributed by atoms with van der Waals surface area (Å²) in [6.45, 7) is 3.20. The van der Waals surface area contributed by atoms with Gasteiger partial charge < -0.3 is 5.32 Å². The van der Waals surface area contributed by atoms with Gasteiger partial charge >= 0.3 is 0 Å². The summed E-state index contributed by atoms with van der Waals surface area (Å²) in [6, 6.07) is 5.55. The van der Waals surface area contributed by atoms with E-state index in [1.807, 2.05) is 6.07 Å². The van der Waals surface area contributed by atoms with Gasteiger partial charge in [0.1, 0.15) is 5.82 Å². The third kappa shape index (κ3) is 5.27. The maximum absolute atomic E-state index is 13.6. The molecule has 118 valence electrons. The van der Waals surface area contributed by atoms with Crippen LogP contribution in [-0.4, -0.2) is 12.6 Å². The van der Waals surface area contributed by atoms with Crippen LogP contribution in [0.25, 0.3) is 0 Å². The molecule has 1 atom stereocenters. The SMILES string of the molecule is CCCNC(Cc1cccc(F)c1Cl)CC1CCCCC1. The molecule has 0 heterocycles. The standard InChI is InChI=1S/C18H27ClFN/c1-2-11-21-16(12-14-7-4-3-5-8-14)13-15-9-6-10-17(20)18(15)19/h6,9-10,14,16,21H,2-5,7-8,11-13H2,1H3.